The summed E-state index contributed by atoms with van der Waals surface area (Å²) >= 11 is 1.66. The number of para-hydroxylation sites is 1. The third-order valence-electron chi connectivity index (χ3n) is 2.38. The van der Waals surface area contributed by atoms with E-state index in [4.69, 9.17) is 10.5 Å². The molecule has 0 saturated heterocycles. The molecule has 1 heterocycles. The molecule has 1 aromatic heterocycles. The summed E-state index contributed by atoms with van der Waals surface area (Å²) < 4.78 is 5.29. The first-order valence-electron chi connectivity index (χ1n) is 4.73. The zero-order chi connectivity index (χ0) is 10.7. The SMILES string of the molecule is COc1ccccc1[C@@H](N)c1ccsc1. The molecule has 2 rings (SSSR count). The monoisotopic (exact) mass is 219 g/mol. The molecule has 0 aliphatic rings. The van der Waals surface area contributed by atoms with Gasteiger partial charge in [0.1, 0.15) is 5.75 Å². The van der Waals surface area contributed by atoms with Crippen LogP contribution < -0.4 is 10.5 Å². The summed E-state index contributed by atoms with van der Waals surface area (Å²) in [6, 6.07) is 9.80. The lowest BCUT2D eigenvalue weighted by atomic mass is 10.0. The van der Waals surface area contributed by atoms with Gasteiger partial charge in [-0.1, -0.05) is 18.2 Å². The second kappa shape index (κ2) is 4.47. The molecule has 0 radical (unpaired) electrons. The van der Waals surface area contributed by atoms with Crippen LogP contribution in [0, 0.1) is 0 Å². The first kappa shape index (κ1) is 10.2. The van der Waals surface area contributed by atoms with Gasteiger partial charge < -0.3 is 10.5 Å². The molecule has 2 aromatic rings. The van der Waals surface area contributed by atoms with Crippen LogP contribution in [0.25, 0.3) is 0 Å². The molecular formula is C12H13NOS. The van der Waals surface area contributed by atoms with Crippen molar-refractivity contribution in [2.24, 2.45) is 5.73 Å². The van der Waals surface area contributed by atoms with Crippen molar-refractivity contribution in [3.05, 3.63) is 52.2 Å². The van der Waals surface area contributed by atoms with E-state index in [0.717, 1.165) is 16.9 Å². The fraction of sp³-hybridized carbons (Fsp3) is 0.167. The number of rotatable bonds is 3. The molecule has 0 unspecified atom stereocenters. The lowest BCUT2D eigenvalue weighted by Crippen LogP contribution is -2.11. The van der Waals surface area contributed by atoms with E-state index >= 15 is 0 Å². The molecule has 0 spiro atoms. The van der Waals surface area contributed by atoms with Crippen molar-refractivity contribution in [1.29, 1.82) is 0 Å². The Bertz CT molecular complexity index is 425. The smallest absolute Gasteiger partial charge is 0.123 e. The maximum atomic E-state index is 6.16. The summed E-state index contributed by atoms with van der Waals surface area (Å²) in [4.78, 5) is 0. The van der Waals surface area contributed by atoms with Crippen LogP contribution in [-0.2, 0) is 0 Å². The lowest BCUT2D eigenvalue weighted by molar-refractivity contribution is 0.408. The first-order chi connectivity index (χ1) is 7.33. The minimum absolute atomic E-state index is 0.104. The van der Waals surface area contributed by atoms with Crippen molar-refractivity contribution in [2.75, 3.05) is 7.11 Å². The van der Waals surface area contributed by atoms with Crippen molar-refractivity contribution in [3.8, 4) is 5.75 Å². The average Bonchev–Trinajstić information content (AvgIpc) is 2.81. The number of hydrogen-bond acceptors (Lipinski definition) is 3. The van der Waals surface area contributed by atoms with Gasteiger partial charge in [0, 0.05) is 5.56 Å². The maximum Gasteiger partial charge on any atom is 0.123 e. The molecule has 2 nitrogen and oxygen atoms in total. The highest BCUT2D eigenvalue weighted by Crippen LogP contribution is 2.28. The van der Waals surface area contributed by atoms with Gasteiger partial charge in [0.05, 0.1) is 13.2 Å². The Morgan fingerprint density at radius 3 is 2.73 bits per heavy atom. The number of hydrogen-bond donors (Lipinski definition) is 1. The Balaban J connectivity index is 2.37. The number of methoxy groups -OCH3 is 1. The Hall–Kier alpha value is -1.32. The predicted octanol–water partition coefficient (Wildman–Crippen LogP) is 2.80. The molecular weight excluding hydrogens is 206 g/mol. The predicted molar refractivity (Wildman–Crippen MR) is 63.3 cm³/mol. The minimum atomic E-state index is -0.104. The van der Waals surface area contributed by atoms with E-state index in [9.17, 15) is 0 Å². The molecule has 0 bridgehead atoms. The Kier molecular flexibility index (Phi) is 3.04. The molecule has 2 N–H and O–H groups in total. The van der Waals surface area contributed by atoms with Crippen LogP contribution in [0.3, 0.4) is 0 Å². The van der Waals surface area contributed by atoms with Gasteiger partial charge >= 0.3 is 0 Å². The zero-order valence-electron chi connectivity index (χ0n) is 8.51. The molecule has 1 aromatic carbocycles. The van der Waals surface area contributed by atoms with E-state index in [1.807, 2.05) is 35.7 Å². The van der Waals surface area contributed by atoms with Crippen molar-refractivity contribution in [2.45, 2.75) is 6.04 Å². The summed E-state index contributed by atoms with van der Waals surface area (Å²) in [7, 11) is 1.67. The Morgan fingerprint density at radius 1 is 1.27 bits per heavy atom. The lowest BCUT2D eigenvalue weighted by Gasteiger charge is -2.14. The Labute approximate surface area is 93.3 Å². The van der Waals surface area contributed by atoms with Crippen molar-refractivity contribution < 1.29 is 4.74 Å². The van der Waals surface area contributed by atoms with Gasteiger partial charge in [-0.2, -0.15) is 11.3 Å². The summed E-state index contributed by atoms with van der Waals surface area (Å²) in [6.07, 6.45) is 0. The van der Waals surface area contributed by atoms with Crippen LogP contribution in [0.15, 0.2) is 41.1 Å². The standard InChI is InChI=1S/C12H13NOS/c1-14-11-5-3-2-4-10(11)12(13)9-6-7-15-8-9/h2-8,12H,13H2,1H3/t12-/m0/s1. The van der Waals surface area contributed by atoms with Crippen molar-refractivity contribution in [1.82, 2.24) is 0 Å². The number of benzene rings is 1. The average molecular weight is 219 g/mol. The molecule has 0 aliphatic heterocycles. The van der Waals surface area contributed by atoms with Gasteiger partial charge in [0.25, 0.3) is 0 Å². The number of thiophene rings is 1. The highest BCUT2D eigenvalue weighted by molar-refractivity contribution is 7.08. The van der Waals surface area contributed by atoms with Crippen LogP contribution >= 0.6 is 11.3 Å². The van der Waals surface area contributed by atoms with E-state index in [-0.39, 0.29) is 6.04 Å². The van der Waals surface area contributed by atoms with Crippen LogP contribution in [0.4, 0.5) is 0 Å². The van der Waals surface area contributed by atoms with Crippen LogP contribution in [0.1, 0.15) is 17.2 Å². The van der Waals surface area contributed by atoms with Gasteiger partial charge in [-0.05, 0) is 28.5 Å². The number of nitrogens with two attached hydrogens (primary N) is 1. The third kappa shape index (κ3) is 2.03. The summed E-state index contributed by atoms with van der Waals surface area (Å²) in [5.41, 5.74) is 8.32. The van der Waals surface area contributed by atoms with Crippen LogP contribution in [-0.4, -0.2) is 7.11 Å². The summed E-state index contributed by atoms with van der Waals surface area (Å²) in [5.74, 6) is 0.844. The highest BCUT2D eigenvalue weighted by atomic mass is 32.1. The Morgan fingerprint density at radius 2 is 2.07 bits per heavy atom. The van der Waals surface area contributed by atoms with E-state index in [1.54, 1.807) is 18.4 Å². The van der Waals surface area contributed by atoms with E-state index < -0.39 is 0 Å². The van der Waals surface area contributed by atoms with E-state index in [1.165, 1.54) is 0 Å². The van der Waals surface area contributed by atoms with E-state index in [2.05, 4.69) is 5.38 Å². The van der Waals surface area contributed by atoms with Crippen LogP contribution in [0.5, 0.6) is 5.75 Å². The molecule has 3 heteroatoms. The van der Waals surface area contributed by atoms with E-state index in [0.29, 0.717) is 0 Å². The first-order valence-corrected chi connectivity index (χ1v) is 5.68. The van der Waals surface area contributed by atoms with Crippen molar-refractivity contribution in [3.63, 3.8) is 0 Å². The van der Waals surface area contributed by atoms with Gasteiger partial charge in [0.15, 0.2) is 0 Å². The molecule has 0 fully saturated rings. The molecule has 0 saturated carbocycles. The normalized spacial score (nSPS) is 12.4. The van der Waals surface area contributed by atoms with Gasteiger partial charge in [-0.25, -0.2) is 0 Å². The largest absolute Gasteiger partial charge is 0.496 e. The second-order valence-electron chi connectivity index (χ2n) is 3.28. The molecule has 0 amide bonds. The summed E-state index contributed by atoms with van der Waals surface area (Å²) in [5, 5.41) is 4.10. The maximum absolute atomic E-state index is 6.16. The second-order valence-corrected chi connectivity index (χ2v) is 4.06. The molecule has 0 aliphatic carbocycles. The zero-order valence-corrected chi connectivity index (χ0v) is 9.33. The fourth-order valence-electron chi connectivity index (χ4n) is 1.55. The number of ether oxygens (including phenoxy) is 1. The van der Waals surface area contributed by atoms with Gasteiger partial charge in [-0.15, -0.1) is 0 Å². The topological polar surface area (TPSA) is 35.2 Å². The molecule has 78 valence electrons. The van der Waals surface area contributed by atoms with Gasteiger partial charge in [-0.3, -0.25) is 0 Å². The van der Waals surface area contributed by atoms with Crippen LogP contribution in [0.2, 0.25) is 0 Å². The minimum Gasteiger partial charge on any atom is -0.496 e. The fourth-order valence-corrected chi connectivity index (χ4v) is 2.25. The quantitative estimate of drug-likeness (QED) is 0.861. The molecule has 15 heavy (non-hydrogen) atoms. The third-order valence-corrected chi connectivity index (χ3v) is 3.08. The van der Waals surface area contributed by atoms with Gasteiger partial charge in [0.2, 0.25) is 0 Å². The highest BCUT2D eigenvalue weighted by Gasteiger charge is 2.13. The molecule has 1 atom stereocenters. The van der Waals surface area contributed by atoms with Crippen molar-refractivity contribution >= 4 is 11.3 Å². The summed E-state index contributed by atoms with van der Waals surface area (Å²) in [6.45, 7) is 0.